The molecule has 0 unspecified atom stereocenters. The number of hydrogen-bond donors (Lipinski definition) is 0. The molecule has 3 rings (SSSR count). The summed E-state index contributed by atoms with van der Waals surface area (Å²) in [5, 5.41) is 19.8. The van der Waals surface area contributed by atoms with Crippen molar-refractivity contribution in [2.24, 2.45) is 4.99 Å². The molecule has 0 aliphatic carbocycles. The molecule has 0 radical (unpaired) electrons. The number of nitro benzene ring substituents is 1. The van der Waals surface area contributed by atoms with Crippen molar-refractivity contribution in [2.75, 3.05) is 0 Å². The molecule has 7 heteroatoms. The van der Waals surface area contributed by atoms with E-state index in [1.807, 2.05) is 6.07 Å². The van der Waals surface area contributed by atoms with Gasteiger partial charge in [0, 0.05) is 17.2 Å². The van der Waals surface area contributed by atoms with Gasteiger partial charge in [0.15, 0.2) is 5.70 Å². The van der Waals surface area contributed by atoms with Crippen molar-refractivity contribution in [1.29, 1.82) is 5.26 Å². The van der Waals surface area contributed by atoms with E-state index in [1.54, 1.807) is 43.3 Å². The predicted molar refractivity (Wildman–Crippen MR) is 89.6 cm³/mol. The van der Waals surface area contributed by atoms with E-state index in [4.69, 9.17) is 10.00 Å². The zero-order chi connectivity index (χ0) is 18.0. The number of benzene rings is 2. The number of ether oxygens (including phenoxy) is 1. The summed E-state index contributed by atoms with van der Waals surface area (Å²) in [5.41, 5.74) is 2.07. The van der Waals surface area contributed by atoms with Crippen LogP contribution in [0.15, 0.2) is 53.2 Å². The SMILES string of the molecule is Cc1ccc(C2=N/C(=C\c3ccc(C#N)cc3)C(=O)O2)cc1[N+](=O)[O-]. The Balaban J connectivity index is 1.95. The van der Waals surface area contributed by atoms with Gasteiger partial charge in [-0.1, -0.05) is 18.2 Å². The lowest BCUT2D eigenvalue weighted by Gasteiger charge is -2.01. The topological polar surface area (TPSA) is 106 Å². The summed E-state index contributed by atoms with van der Waals surface area (Å²) < 4.78 is 5.12. The zero-order valence-corrected chi connectivity index (χ0v) is 13.1. The molecular weight excluding hydrogens is 322 g/mol. The van der Waals surface area contributed by atoms with Crippen LogP contribution in [0, 0.1) is 28.4 Å². The van der Waals surface area contributed by atoms with E-state index in [-0.39, 0.29) is 17.3 Å². The summed E-state index contributed by atoms with van der Waals surface area (Å²) in [4.78, 5) is 26.6. The molecule has 0 saturated heterocycles. The second-order valence-electron chi connectivity index (χ2n) is 5.33. The second-order valence-corrected chi connectivity index (χ2v) is 5.33. The highest BCUT2D eigenvalue weighted by atomic mass is 16.6. The fraction of sp³-hybridized carbons (Fsp3) is 0.0556. The summed E-state index contributed by atoms with van der Waals surface area (Å²) in [6, 6.07) is 13.1. The van der Waals surface area contributed by atoms with Crippen LogP contribution in [0.2, 0.25) is 0 Å². The second kappa shape index (κ2) is 6.37. The lowest BCUT2D eigenvalue weighted by Crippen LogP contribution is -2.06. The quantitative estimate of drug-likeness (QED) is 0.371. The molecule has 0 fully saturated rings. The monoisotopic (exact) mass is 333 g/mol. The summed E-state index contributed by atoms with van der Waals surface area (Å²) in [5.74, 6) is -0.615. The van der Waals surface area contributed by atoms with Crippen molar-refractivity contribution in [3.63, 3.8) is 0 Å². The molecule has 2 aromatic carbocycles. The summed E-state index contributed by atoms with van der Waals surface area (Å²) in [6.45, 7) is 1.63. The van der Waals surface area contributed by atoms with E-state index < -0.39 is 10.9 Å². The van der Waals surface area contributed by atoms with Crippen molar-refractivity contribution in [3.8, 4) is 6.07 Å². The molecule has 0 N–H and O–H groups in total. The number of aliphatic imine (C=N–C) groups is 1. The zero-order valence-electron chi connectivity index (χ0n) is 13.1. The van der Waals surface area contributed by atoms with Gasteiger partial charge in [0.05, 0.1) is 16.6 Å². The first kappa shape index (κ1) is 16.1. The fourth-order valence-corrected chi connectivity index (χ4v) is 2.28. The summed E-state index contributed by atoms with van der Waals surface area (Å²) in [7, 11) is 0. The Hall–Kier alpha value is -3.79. The van der Waals surface area contributed by atoms with Crippen LogP contribution in [-0.4, -0.2) is 16.8 Å². The van der Waals surface area contributed by atoms with Crippen LogP contribution in [-0.2, 0) is 9.53 Å². The van der Waals surface area contributed by atoms with E-state index in [0.717, 1.165) is 0 Å². The maximum Gasteiger partial charge on any atom is 0.363 e. The number of carbonyl (C=O) groups is 1. The van der Waals surface area contributed by atoms with E-state index in [1.165, 1.54) is 12.1 Å². The Bertz CT molecular complexity index is 982. The number of nitriles is 1. The summed E-state index contributed by atoms with van der Waals surface area (Å²) in [6.07, 6.45) is 1.53. The number of aryl methyl sites for hydroxylation is 1. The van der Waals surface area contributed by atoms with Crippen molar-refractivity contribution < 1.29 is 14.5 Å². The van der Waals surface area contributed by atoms with Crippen LogP contribution >= 0.6 is 0 Å². The Morgan fingerprint density at radius 3 is 2.60 bits per heavy atom. The van der Waals surface area contributed by atoms with Crippen LogP contribution in [0.1, 0.15) is 22.3 Å². The Morgan fingerprint density at radius 1 is 1.24 bits per heavy atom. The van der Waals surface area contributed by atoms with Gasteiger partial charge in [-0.25, -0.2) is 9.79 Å². The first-order valence-electron chi connectivity index (χ1n) is 7.26. The van der Waals surface area contributed by atoms with Gasteiger partial charge in [0.2, 0.25) is 5.90 Å². The molecule has 0 atom stereocenters. The number of cyclic esters (lactones) is 1. The van der Waals surface area contributed by atoms with Crippen molar-refractivity contribution >= 4 is 23.6 Å². The number of nitrogens with zero attached hydrogens (tertiary/aromatic N) is 3. The third-order valence-corrected chi connectivity index (χ3v) is 3.62. The van der Waals surface area contributed by atoms with E-state index in [9.17, 15) is 14.9 Å². The third kappa shape index (κ3) is 3.28. The van der Waals surface area contributed by atoms with Gasteiger partial charge >= 0.3 is 5.97 Å². The Labute approximate surface area is 142 Å². The largest absolute Gasteiger partial charge is 0.402 e. The van der Waals surface area contributed by atoms with Gasteiger partial charge in [-0.05, 0) is 36.8 Å². The van der Waals surface area contributed by atoms with Crippen molar-refractivity contribution in [3.05, 3.63) is 80.5 Å². The molecule has 1 aliphatic rings. The molecule has 25 heavy (non-hydrogen) atoms. The first-order valence-corrected chi connectivity index (χ1v) is 7.26. The fourth-order valence-electron chi connectivity index (χ4n) is 2.28. The lowest BCUT2D eigenvalue weighted by atomic mass is 10.1. The number of rotatable bonds is 3. The number of carbonyl (C=O) groups excluding carboxylic acids is 1. The molecule has 122 valence electrons. The van der Waals surface area contributed by atoms with Gasteiger partial charge in [-0.15, -0.1) is 0 Å². The number of nitro groups is 1. The van der Waals surface area contributed by atoms with E-state index in [0.29, 0.717) is 22.3 Å². The first-order chi connectivity index (χ1) is 12.0. The number of hydrogen-bond acceptors (Lipinski definition) is 6. The molecule has 0 amide bonds. The van der Waals surface area contributed by atoms with Crippen LogP contribution in [0.3, 0.4) is 0 Å². The van der Waals surface area contributed by atoms with Gasteiger partial charge in [-0.2, -0.15) is 5.26 Å². The Morgan fingerprint density at radius 2 is 1.96 bits per heavy atom. The van der Waals surface area contributed by atoms with Gasteiger partial charge in [0.25, 0.3) is 5.69 Å². The maximum absolute atomic E-state index is 12.0. The molecular formula is C18H11N3O4. The van der Waals surface area contributed by atoms with Crippen LogP contribution in [0.25, 0.3) is 6.08 Å². The molecule has 0 aromatic heterocycles. The highest BCUT2D eigenvalue weighted by Gasteiger charge is 2.25. The van der Waals surface area contributed by atoms with Gasteiger partial charge < -0.3 is 4.74 Å². The molecule has 2 aromatic rings. The normalized spacial score (nSPS) is 14.8. The summed E-state index contributed by atoms with van der Waals surface area (Å²) >= 11 is 0. The van der Waals surface area contributed by atoms with E-state index >= 15 is 0 Å². The number of esters is 1. The lowest BCUT2D eigenvalue weighted by molar-refractivity contribution is -0.385. The highest BCUT2D eigenvalue weighted by molar-refractivity contribution is 6.13. The van der Waals surface area contributed by atoms with E-state index in [2.05, 4.69) is 4.99 Å². The average molecular weight is 333 g/mol. The molecule has 0 saturated carbocycles. The average Bonchev–Trinajstić information content (AvgIpc) is 2.96. The minimum Gasteiger partial charge on any atom is -0.402 e. The maximum atomic E-state index is 12.0. The molecule has 0 spiro atoms. The van der Waals surface area contributed by atoms with Gasteiger partial charge in [-0.3, -0.25) is 10.1 Å². The van der Waals surface area contributed by atoms with Crippen molar-refractivity contribution in [2.45, 2.75) is 6.92 Å². The predicted octanol–water partition coefficient (Wildman–Crippen LogP) is 3.12. The van der Waals surface area contributed by atoms with Crippen LogP contribution in [0.5, 0.6) is 0 Å². The molecule has 7 nitrogen and oxygen atoms in total. The molecule has 0 bridgehead atoms. The van der Waals surface area contributed by atoms with Crippen LogP contribution < -0.4 is 0 Å². The van der Waals surface area contributed by atoms with Gasteiger partial charge in [0.1, 0.15) is 0 Å². The standard InChI is InChI=1S/C18H11N3O4/c1-11-2-7-14(9-16(11)21(23)24)17-20-15(18(22)25-17)8-12-3-5-13(10-19)6-4-12/h2-9H,1H3/b15-8-. The van der Waals surface area contributed by atoms with Crippen LogP contribution in [0.4, 0.5) is 5.69 Å². The minimum atomic E-state index is -0.636. The molecule has 1 heterocycles. The smallest absolute Gasteiger partial charge is 0.363 e. The highest BCUT2D eigenvalue weighted by Crippen LogP contribution is 2.24. The van der Waals surface area contributed by atoms with Crippen molar-refractivity contribution in [1.82, 2.24) is 0 Å². The third-order valence-electron chi connectivity index (χ3n) is 3.62. The minimum absolute atomic E-state index is 0.0213. The molecule has 1 aliphatic heterocycles. The Kier molecular flexibility index (Phi) is 4.10.